The molecule has 0 aliphatic carbocycles. The molecule has 0 unspecified atom stereocenters. The van der Waals surface area contributed by atoms with Crippen LogP contribution in [-0.2, 0) is 21.7 Å². The molecule has 0 heterocycles. The first-order valence-corrected chi connectivity index (χ1v) is 5.95. The van der Waals surface area contributed by atoms with Gasteiger partial charge in [-0.2, -0.15) is 5.10 Å². The number of thioether (sulfide) groups is 1. The Kier molecular flexibility index (Phi) is 5.35. The first kappa shape index (κ1) is 13.4. The van der Waals surface area contributed by atoms with Gasteiger partial charge in [0.1, 0.15) is 0 Å². The first-order valence-electron chi connectivity index (χ1n) is 4.97. The lowest BCUT2D eigenvalue weighted by Crippen LogP contribution is -2.10. The van der Waals surface area contributed by atoms with Crippen molar-refractivity contribution < 1.29 is 9.53 Å². The number of nitrogens with two attached hydrogens (primary N) is 2. The van der Waals surface area contributed by atoms with E-state index in [2.05, 4.69) is 9.84 Å². The summed E-state index contributed by atoms with van der Waals surface area (Å²) < 4.78 is 4.64. The molecule has 5 nitrogen and oxygen atoms in total. The number of esters is 1. The smallest absolute Gasteiger partial charge is 0.309 e. The number of amidine groups is 1. The monoisotopic (exact) mass is 253 g/mol. The van der Waals surface area contributed by atoms with Crippen LogP contribution in [0.25, 0.3) is 0 Å². The van der Waals surface area contributed by atoms with E-state index in [1.807, 2.05) is 24.3 Å². The fraction of sp³-hybridized carbons (Fsp3) is 0.273. The normalized spacial score (nSPS) is 11.2. The Labute approximate surface area is 104 Å². The molecule has 0 saturated heterocycles. The number of benzene rings is 1. The number of nitrogens with zero attached hydrogens (tertiary/aromatic N) is 1. The zero-order chi connectivity index (χ0) is 12.7. The molecule has 4 N–H and O–H groups in total. The number of hydrazone groups is 1. The van der Waals surface area contributed by atoms with Crippen LogP contribution in [0, 0.1) is 0 Å². The second-order valence-electron chi connectivity index (χ2n) is 3.28. The maximum absolute atomic E-state index is 11.2. The zero-order valence-corrected chi connectivity index (χ0v) is 10.4. The largest absolute Gasteiger partial charge is 0.469 e. The highest BCUT2D eigenvalue weighted by Crippen LogP contribution is 2.17. The van der Waals surface area contributed by atoms with E-state index in [9.17, 15) is 4.79 Å². The summed E-state index contributed by atoms with van der Waals surface area (Å²) in [5, 5.41) is 3.69. The van der Waals surface area contributed by atoms with Crippen molar-refractivity contribution in [2.24, 2.45) is 16.7 Å². The molecule has 0 fully saturated rings. The molecule has 92 valence electrons. The van der Waals surface area contributed by atoms with Crippen LogP contribution in [0.5, 0.6) is 0 Å². The number of hydrogen-bond acceptors (Lipinski definition) is 5. The number of rotatable bonds is 4. The Balaban J connectivity index is 2.74. The molecule has 0 bridgehead atoms. The van der Waals surface area contributed by atoms with E-state index in [1.165, 1.54) is 18.9 Å². The highest BCUT2D eigenvalue weighted by Gasteiger charge is 2.08. The quantitative estimate of drug-likeness (QED) is 0.272. The fourth-order valence-corrected chi connectivity index (χ4v) is 1.95. The summed E-state index contributed by atoms with van der Waals surface area (Å²) >= 11 is 1.33. The summed E-state index contributed by atoms with van der Waals surface area (Å²) in [6.07, 6.45) is 0.257. The molecule has 0 saturated carbocycles. The van der Waals surface area contributed by atoms with Crippen LogP contribution >= 0.6 is 11.8 Å². The van der Waals surface area contributed by atoms with Crippen LogP contribution in [0.1, 0.15) is 11.1 Å². The number of hydrogen-bond donors (Lipinski definition) is 2. The molecule has 0 spiro atoms. The van der Waals surface area contributed by atoms with Crippen LogP contribution in [-0.4, -0.2) is 18.2 Å². The Morgan fingerprint density at radius 3 is 2.65 bits per heavy atom. The standard InChI is InChI=1S/C11H15N3O2S/c1-16-10(15)6-8-4-2-3-5-9(8)7-17-11(12)14-13/h2-5H,6-7,13H2,1H3,(H2,12,14). The lowest BCUT2D eigenvalue weighted by Gasteiger charge is -2.07. The van der Waals surface area contributed by atoms with Gasteiger partial charge >= 0.3 is 5.97 Å². The molecule has 17 heavy (non-hydrogen) atoms. The van der Waals surface area contributed by atoms with E-state index in [0.717, 1.165) is 11.1 Å². The lowest BCUT2D eigenvalue weighted by atomic mass is 10.1. The summed E-state index contributed by atoms with van der Waals surface area (Å²) in [4.78, 5) is 11.2. The van der Waals surface area contributed by atoms with Crippen molar-refractivity contribution in [3.8, 4) is 0 Å². The lowest BCUT2D eigenvalue weighted by molar-refractivity contribution is -0.139. The third kappa shape index (κ3) is 4.36. The van der Waals surface area contributed by atoms with Crippen LogP contribution in [0.3, 0.4) is 0 Å². The predicted molar refractivity (Wildman–Crippen MR) is 69.3 cm³/mol. The van der Waals surface area contributed by atoms with Gasteiger partial charge in [0.15, 0.2) is 5.17 Å². The second kappa shape index (κ2) is 6.80. The third-order valence-corrected chi connectivity index (χ3v) is 3.04. The van der Waals surface area contributed by atoms with Gasteiger partial charge in [-0.25, -0.2) is 0 Å². The van der Waals surface area contributed by atoms with Crippen LogP contribution < -0.4 is 11.6 Å². The minimum Gasteiger partial charge on any atom is -0.469 e. The van der Waals surface area contributed by atoms with Gasteiger partial charge in [-0.15, -0.1) is 0 Å². The zero-order valence-electron chi connectivity index (χ0n) is 9.55. The van der Waals surface area contributed by atoms with Crippen LogP contribution in [0.4, 0.5) is 0 Å². The molecule has 1 aromatic rings. The van der Waals surface area contributed by atoms with E-state index in [4.69, 9.17) is 11.6 Å². The van der Waals surface area contributed by atoms with Crippen molar-refractivity contribution in [2.45, 2.75) is 12.2 Å². The minimum atomic E-state index is -0.261. The molecule has 0 amide bonds. The van der Waals surface area contributed by atoms with Gasteiger partial charge in [0.05, 0.1) is 13.5 Å². The summed E-state index contributed by atoms with van der Waals surface area (Å²) in [7, 11) is 1.37. The molecule has 0 radical (unpaired) electrons. The van der Waals surface area contributed by atoms with Crippen molar-refractivity contribution in [2.75, 3.05) is 7.11 Å². The number of ether oxygens (including phenoxy) is 1. The van der Waals surface area contributed by atoms with Crippen molar-refractivity contribution in [3.05, 3.63) is 35.4 Å². The Morgan fingerprint density at radius 2 is 2.06 bits per heavy atom. The minimum absolute atomic E-state index is 0.257. The highest BCUT2D eigenvalue weighted by molar-refractivity contribution is 8.13. The molecule has 0 aliphatic rings. The van der Waals surface area contributed by atoms with Crippen LogP contribution in [0.15, 0.2) is 29.4 Å². The van der Waals surface area contributed by atoms with Gasteiger partial charge in [0.2, 0.25) is 0 Å². The average molecular weight is 253 g/mol. The van der Waals surface area contributed by atoms with Gasteiger partial charge < -0.3 is 16.3 Å². The number of carbonyl (C=O) groups excluding carboxylic acids is 1. The fourth-order valence-electron chi connectivity index (χ4n) is 1.29. The third-order valence-electron chi connectivity index (χ3n) is 2.18. The Morgan fingerprint density at radius 1 is 1.41 bits per heavy atom. The number of methoxy groups -OCH3 is 1. The van der Waals surface area contributed by atoms with E-state index in [0.29, 0.717) is 10.9 Å². The van der Waals surface area contributed by atoms with Crippen LogP contribution in [0.2, 0.25) is 0 Å². The van der Waals surface area contributed by atoms with Crippen molar-refractivity contribution in [1.82, 2.24) is 0 Å². The van der Waals surface area contributed by atoms with E-state index in [1.54, 1.807) is 0 Å². The van der Waals surface area contributed by atoms with Gasteiger partial charge in [-0.05, 0) is 11.1 Å². The predicted octanol–water partition coefficient (Wildman–Crippen LogP) is 0.824. The molecule has 1 aromatic carbocycles. The van der Waals surface area contributed by atoms with E-state index in [-0.39, 0.29) is 12.4 Å². The second-order valence-corrected chi connectivity index (χ2v) is 4.27. The van der Waals surface area contributed by atoms with E-state index >= 15 is 0 Å². The van der Waals surface area contributed by atoms with Crippen molar-refractivity contribution >= 4 is 22.9 Å². The summed E-state index contributed by atoms with van der Waals surface area (Å²) in [5.74, 6) is 5.41. The topological polar surface area (TPSA) is 90.7 Å². The summed E-state index contributed by atoms with van der Waals surface area (Å²) in [6, 6.07) is 7.62. The first-order chi connectivity index (χ1) is 8.17. The highest BCUT2D eigenvalue weighted by atomic mass is 32.2. The van der Waals surface area contributed by atoms with Gasteiger partial charge in [-0.1, -0.05) is 36.0 Å². The molecule has 1 rings (SSSR count). The van der Waals surface area contributed by atoms with Gasteiger partial charge in [-0.3, -0.25) is 4.79 Å². The molecule has 0 aliphatic heterocycles. The summed E-state index contributed by atoms with van der Waals surface area (Å²) in [6.45, 7) is 0. The SMILES string of the molecule is COC(=O)Cc1ccccc1CS/C(N)=N/N. The number of carbonyl (C=O) groups is 1. The maximum Gasteiger partial charge on any atom is 0.309 e. The van der Waals surface area contributed by atoms with Gasteiger partial charge in [0.25, 0.3) is 0 Å². The molecular formula is C11H15N3O2S. The Hall–Kier alpha value is -1.69. The molecule has 0 aromatic heterocycles. The Bertz CT molecular complexity index is 421. The van der Waals surface area contributed by atoms with Crippen molar-refractivity contribution in [3.63, 3.8) is 0 Å². The molecule has 6 heteroatoms. The van der Waals surface area contributed by atoms with Gasteiger partial charge in [0, 0.05) is 5.75 Å². The van der Waals surface area contributed by atoms with E-state index < -0.39 is 0 Å². The average Bonchev–Trinajstić information content (AvgIpc) is 2.37. The maximum atomic E-state index is 11.2. The summed E-state index contributed by atoms with van der Waals surface area (Å²) in [5.41, 5.74) is 7.44. The molecule has 0 atom stereocenters. The van der Waals surface area contributed by atoms with Crippen molar-refractivity contribution in [1.29, 1.82) is 0 Å². The molecular weight excluding hydrogens is 238 g/mol.